The van der Waals surface area contributed by atoms with Crippen molar-refractivity contribution >= 4 is 29.1 Å². The van der Waals surface area contributed by atoms with Crippen LogP contribution in [0.3, 0.4) is 0 Å². The van der Waals surface area contributed by atoms with E-state index in [4.69, 9.17) is 0 Å². The predicted molar refractivity (Wildman–Crippen MR) is 88.2 cm³/mol. The summed E-state index contributed by atoms with van der Waals surface area (Å²) in [7, 11) is 3.34. The summed E-state index contributed by atoms with van der Waals surface area (Å²) >= 11 is 3.18. The van der Waals surface area contributed by atoms with Gasteiger partial charge in [0.15, 0.2) is 11.0 Å². The van der Waals surface area contributed by atoms with Gasteiger partial charge in [0.1, 0.15) is 0 Å². The first-order valence-electron chi connectivity index (χ1n) is 7.28. The molecule has 2 aromatic heterocycles. The van der Waals surface area contributed by atoms with Gasteiger partial charge in [0.05, 0.1) is 12.9 Å². The average Bonchev–Trinajstić information content (AvgIpc) is 3.07. The van der Waals surface area contributed by atoms with Crippen molar-refractivity contribution in [2.24, 2.45) is 13.0 Å². The summed E-state index contributed by atoms with van der Waals surface area (Å²) in [6, 6.07) is 0. The number of esters is 1. The summed E-state index contributed by atoms with van der Waals surface area (Å²) in [5.74, 6) is 1.65. The largest absolute Gasteiger partial charge is 0.468 e. The molecule has 7 heteroatoms. The van der Waals surface area contributed by atoms with Gasteiger partial charge in [-0.3, -0.25) is 4.79 Å². The van der Waals surface area contributed by atoms with Crippen molar-refractivity contribution in [3.63, 3.8) is 0 Å². The minimum atomic E-state index is -0.253. The Hall–Kier alpha value is -1.34. The number of hydrogen-bond donors (Lipinski definition) is 0. The Morgan fingerprint density at radius 1 is 1.55 bits per heavy atom. The van der Waals surface area contributed by atoms with Crippen molar-refractivity contribution in [2.75, 3.05) is 12.9 Å². The molecule has 0 aromatic carbocycles. The van der Waals surface area contributed by atoms with Crippen LogP contribution < -0.4 is 0 Å². The minimum Gasteiger partial charge on any atom is -0.468 e. The van der Waals surface area contributed by atoms with Gasteiger partial charge in [-0.2, -0.15) is 0 Å². The van der Waals surface area contributed by atoms with Crippen LogP contribution in [0.15, 0.2) is 10.5 Å². The summed E-state index contributed by atoms with van der Waals surface area (Å²) < 4.78 is 6.63. The standard InChI is InChI=1S/C15H19N3O2S2/c1-9-4-5-10-11(7-21-12(10)6-9)14-16-17-15(18(14)2)22-8-13(19)20-3/h7,9H,4-6,8H2,1-3H3. The molecule has 0 spiro atoms. The van der Waals surface area contributed by atoms with Crippen LogP contribution in [0.5, 0.6) is 0 Å². The fourth-order valence-corrected chi connectivity index (χ4v) is 4.71. The van der Waals surface area contributed by atoms with Crippen LogP contribution in [0.2, 0.25) is 0 Å². The number of fused-ring (bicyclic) bond motifs is 1. The normalized spacial score (nSPS) is 17.3. The van der Waals surface area contributed by atoms with Crippen LogP contribution in [0.4, 0.5) is 0 Å². The predicted octanol–water partition coefficient (Wildman–Crippen LogP) is 2.93. The molecule has 3 rings (SSSR count). The number of thiophene rings is 1. The van der Waals surface area contributed by atoms with Gasteiger partial charge in [-0.25, -0.2) is 0 Å². The van der Waals surface area contributed by atoms with E-state index in [1.807, 2.05) is 23.0 Å². The summed E-state index contributed by atoms with van der Waals surface area (Å²) in [4.78, 5) is 12.7. The van der Waals surface area contributed by atoms with Crippen molar-refractivity contribution < 1.29 is 9.53 Å². The number of hydrogen-bond acceptors (Lipinski definition) is 6. The second-order valence-corrected chi connectivity index (χ2v) is 7.54. The first kappa shape index (κ1) is 15.6. The van der Waals surface area contributed by atoms with E-state index in [-0.39, 0.29) is 11.7 Å². The van der Waals surface area contributed by atoms with Crippen LogP contribution in [-0.4, -0.2) is 33.6 Å². The molecule has 1 atom stereocenters. The van der Waals surface area contributed by atoms with Gasteiger partial charge in [0.2, 0.25) is 0 Å². The average molecular weight is 337 g/mol. The Morgan fingerprint density at radius 2 is 2.36 bits per heavy atom. The Morgan fingerprint density at radius 3 is 3.14 bits per heavy atom. The number of aromatic nitrogens is 3. The van der Waals surface area contributed by atoms with E-state index in [0.717, 1.165) is 23.3 Å². The molecule has 0 aliphatic heterocycles. The van der Waals surface area contributed by atoms with Gasteiger partial charge in [-0.1, -0.05) is 18.7 Å². The third-order valence-electron chi connectivity index (χ3n) is 4.02. The first-order valence-corrected chi connectivity index (χ1v) is 9.15. The van der Waals surface area contributed by atoms with Gasteiger partial charge in [0, 0.05) is 22.9 Å². The number of methoxy groups -OCH3 is 1. The monoisotopic (exact) mass is 337 g/mol. The second-order valence-electron chi connectivity index (χ2n) is 5.63. The van der Waals surface area contributed by atoms with E-state index in [2.05, 4.69) is 27.2 Å². The number of nitrogens with zero attached hydrogens (tertiary/aromatic N) is 3. The maximum atomic E-state index is 11.3. The molecule has 1 unspecified atom stereocenters. The SMILES string of the molecule is COC(=O)CSc1nnc(-c2csc3c2CCC(C)C3)n1C. The third-order valence-corrected chi connectivity index (χ3v) is 6.07. The van der Waals surface area contributed by atoms with Gasteiger partial charge in [-0.05, 0) is 30.7 Å². The van der Waals surface area contributed by atoms with Crippen molar-refractivity contribution in [2.45, 2.75) is 31.3 Å². The number of thioether (sulfide) groups is 1. The number of rotatable bonds is 4. The summed E-state index contributed by atoms with van der Waals surface area (Å²) in [6.45, 7) is 2.31. The van der Waals surface area contributed by atoms with E-state index >= 15 is 0 Å². The fourth-order valence-electron chi connectivity index (χ4n) is 2.72. The van der Waals surface area contributed by atoms with Crippen molar-refractivity contribution in [3.8, 4) is 11.4 Å². The molecule has 5 nitrogen and oxygen atoms in total. The Bertz CT molecular complexity index is 693. The Kier molecular flexibility index (Phi) is 4.54. The first-order chi connectivity index (χ1) is 10.6. The lowest BCUT2D eigenvalue weighted by Crippen LogP contribution is -2.09. The highest BCUT2D eigenvalue weighted by atomic mass is 32.2. The highest BCUT2D eigenvalue weighted by Crippen LogP contribution is 2.37. The fraction of sp³-hybridized carbons (Fsp3) is 0.533. The maximum absolute atomic E-state index is 11.3. The Balaban J connectivity index is 1.84. The van der Waals surface area contributed by atoms with Crippen LogP contribution in [0.1, 0.15) is 23.8 Å². The zero-order chi connectivity index (χ0) is 15.7. The molecular formula is C15H19N3O2S2. The van der Waals surface area contributed by atoms with Gasteiger partial charge in [0.25, 0.3) is 0 Å². The summed E-state index contributed by atoms with van der Waals surface area (Å²) in [5, 5.41) is 11.5. The van der Waals surface area contributed by atoms with Crippen LogP contribution >= 0.6 is 23.1 Å². The molecule has 2 aromatic rings. The molecule has 0 fully saturated rings. The van der Waals surface area contributed by atoms with E-state index in [0.29, 0.717) is 0 Å². The lowest BCUT2D eigenvalue weighted by Gasteiger charge is -2.18. The molecule has 118 valence electrons. The molecular weight excluding hydrogens is 318 g/mol. The van der Waals surface area contributed by atoms with Crippen molar-refractivity contribution in [1.82, 2.24) is 14.8 Å². The molecule has 1 aliphatic carbocycles. The van der Waals surface area contributed by atoms with E-state index < -0.39 is 0 Å². The second kappa shape index (κ2) is 6.42. The molecule has 22 heavy (non-hydrogen) atoms. The molecule has 0 radical (unpaired) electrons. The molecule has 0 saturated heterocycles. The Labute approximate surface area is 138 Å². The summed E-state index contributed by atoms with van der Waals surface area (Å²) in [6.07, 6.45) is 3.52. The highest BCUT2D eigenvalue weighted by Gasteiger charge is 2.23. The number of carbonyl (C=O) groups is 1. The van der Waals surface area contributed by atoms with Crippen LogP contribution in [0, 0.1) is 5.92 Å². The highest BCUT2D eigenvalue weighted by molar-refractivity contribution is 7.99. The smallest absolute Gasteiger partial charge is 0.316 e. The van der Waals surface area contributed by atoms with Gasteiger partial charge >= 0.3 is 5.97 Å². The molecule has 2 heterocycles. The van der Waals surface area contributed by atoms with Gasteiger partial charge in [-0.15, -0.1) is 21.5 Å². The van der Waals surface area contributed by atoms with Crippen LogP contribution in [-0.2, 0) is 29.4 Å². The lowest BCUT2D eigenvalue weighted by molar-refractivity contribution is -0.137. The van der Waals surface area contributed by atoms with E-state index in [1.54, 1.807) is 0 Å². The minimum absolute atomic E-state index is 0.252. The summed E-state index contributed by atoms with van der Waals surface area (Å²) in [5.41, 5.74) is 2.63. The van der Waals surface area contributed by atoms with Gasteiger partial charge < -0.3 is 9.30 Å². The zero-order valence-corrected chi connectivity index (χ0v) is 14.6. The van der Waals surface area contributed by atoms with E-state index in [9.17, 15) is 4.79 Å². The van der Waals surface area contributed by atoms with E-state index in [1.165, 1.54) is 47.7 Å². The van der Waals surface area contributed by atoms with Crippen molar-refractivity contribution in [3.05, 3.63) is 15.8 Å². The lowest BCUT2D eigenvalue weighted by atomic mass is 9.88. The zero-order valence-electron chi connectivity index (χ0n) is 13.0. The molecule has 1 aliphatic rings. The van der Waals surface area contributed by atoms with Crippen molar-refractivity contribution in [1.29, 1.82) is 0 Å². The quantitative estimate of drug-likeness (QED) is 0.634. The molecule has 0 bridgehead atoms. The van der Waals surface area contributed by atoms with Crippen LogP contribution in [0.25, 0.3) is 11.4 Å². The molecule has 0 amide bonds. The molecule has 0 N–H and O–H groups in total. The third kappa shape index (κ3) is 2.92. The topological polar surface area (TPSA) is 57.0 Å². The molecule has 0 saturated carbocycles. The maximum Gasteiger partial charge on any atom is 0.316 e. The number of ether oxygens (including phenoxy) is 1. The number of carbonyl (C=O) groups excluding carboxylic acids is 1.